The van der Waals surface area contributed by atoms with E-state index in [0.29, 0.717) is 0 Å². The molecule has 2 heteroatoms. The lowest BCUT2D eigenvalue weighted by Crippen LogP contribution is -2.14. The van der Waals surface area contributed by atoms with Crippen LogP contribution in [0, 0.1) is 0 Å². The van der Waals surface area contributed by atoms with Crippen molar-refractivity contribution in [2.45, 2.75) is 38.5 Å². The largest absolute Gasteiger partial charge is 0.228 e. The summed E-state index contributed by atoms with van der Waals surface area (Å²) >= 11 is 0. The van der Waals surface area contributed by atoms with Gasteiger partial charge in [0.1, 0.15) is 0 Å². The highest BCUT2D eigenvalue weighted by Gasteiger charge is 2.36. The summed E-state index contributed by atoms with van der Waals surface area (Å²) < 4.78 is 0. The minimum atomic E-state index is -0.0347. The summed E-state index contributed by atoms with van der Waals surface area (Å²) in [5.74, 6) is 0. The van der Waals surface area contributed by atoms with Gasteiger partial charge >= 0.3 is 0 Å². The second kappa shape index (κ2) is 11.2. The van der Waals surface area contributed by atoms with Crippen molar-refractivity contribution in [2.24, 2.45) is 0 Å². The van der Waals surface area contributed by atoms with Gasteiger partial charge < -0.3 is 0 Å². The van der Waals surface area contributed by atoms with Gasteiger partial charge in [-0.1, -0.05) is 137 Å². The van der Waals surface area contributed by atoms with Crippen LogP contribution in [0.1, 0.15) is 49.9 Å². The van der Waals surface area contributed by atoms with Gasteiger partial charge in [-0.15, -0.1) is 0 Å². The molecule has 0 bridgehead atoms. The quantitative estimate of drug-likeness (QED) is 0.187. The van der Waals surface area contributed by atoms with Crippen LogP contribution < -0.4 is 0 Å². The number of hydrogen-bond donors (Lipinski definition) is 0. The lowest BCUT2D eigenvalue weighted by molar-refractivity contribution is 0.660. The third kappa shape index (κ3) is 4.64. The maximum atomic E-state index is 5.12. The Balaban J connectivity index is 0.973. The molecule has 2 aliphatic carbocycles. The van der Waals surface area contributed by atoms with Crippen molar-refractivity contribution in [3.05, 3.63) is 180 Å². The Morgan fingerprint density at radius 1 is 0.327 bits per heavy atom. The fourth-order valence-electron chi connectivity index (χ4n) is 8.80. The molecule has 0 amide bonds. The highest BCUT2D eigenvalue weighted by Crippen LogP contribution is 2.51. The van der Waals surface area contributed by atoms with Crippen molar-refractivity contribution in [3.63, 3.8) is 0 Å². The van der Waals surface area contributed by atoms with Gasteiger partial charge in [-0.25, -0.2) is 9.97 Å². The molecule has 0 unspecified atom stereocenters. The first-order chi connectivity index (χ1) is 25.3. The molecular weight excluding hydrogens is 629 g/mol. The molecule has 2 aliphatic rings. The monoisotopic (exact) mass is 666 g/mol. The van der Waals surface area contributed by atoms with Crippen molar-refractivity contribution >= 4 is 11.0 Å². The first kappa shape index (κ1) is 30.7. The molecule has 6 aromatic carbocycles. The molecule has 2 aromatic heterocycles. The molecule has 0 fully saturated rings. The van der Waals surface area contributed by atoms with Gasteiger partial charge in [0.15, 0.2) is 5.65 Å². The standard InChI is InChI=1S/C50H38N2/c1-49(2)42-17-7-5-15-38(42)40-23-19-34(29-44(40)49)32-11-9-13-36(27-32)46-25-21-31-22-26-47(52-48(31)51-46)37-14-10-12-33(28-37)35-20-24-41-39-16-6-8-18-43(39)50(3,4)45(41)30-35/h5-30H,1-4H3. The topological polar surface area (TPSA) is 25.8 Å². The fraction of sp³-hybridized carbons (Fsp3) is 0.120. The summed E-state index contributed by atoms with van der Waals surface area (Å²) in [6.07, 6.45) is 0. The molecule has 2 heterocycles. The molecule has 0 atom stereocenters. The minimum Gasteiger partial charge on any atom is -0.228 e. The van der Waals surface area contributed by atoms with Crippen LogP contribution in [0.4, 0.5) is 0 Å². The minimum absolute atomic E-state index is 0.0347. The SMILES string of the molecule is CC1(C)c2ccccc2-c2ccc(-c3cccc(-c4ccc5ccc(-c6cccc(-c7ccc8c(c7)C(C)(C)c7ccccc7-8)c6)nc5n4)c3)cc21. The van der Waals surface area contributed by atoms with Gasteiger partial charge in [0.2, 0.25) is 0 Å². The number of fused-ring (bicyclic) bond motifs is 7. The van der Waals surface area contributed by atoms with E-state index in [0.717, 1.165) is 33.5 Å². The van der Waals surface area contributed by atoms with E-state index in [1.54, 1.807) is 0 Å². The number of hydrogen-bond acceptors (Lipinski definition) is 2. The number of rotatable bonds is 4. The number of pyridine rings is 2. The zero-order valence-corrected chi connectivity index (χ0v) is 29.9. The van der Waals surface area contributed by atoms with Crippen molar-refractivity contribution < 1.29 is 0 Å². The van der Waals surface area contributed by atoms with E-state index in [1.165, 1.54) is 66.8 Å². The fourth-order valence-corrected chi connectivity index (χ4v) is 8.80. The predicted molar refractivity (Wildman–Crippen MR) is 216 cm³/mol. The van der Waals surface area contributed by atoms with Crippen LogP contribution >= 0.6 is 0 Å². The van der Waals surface area contributed by atoms with E-state index < -0.39 is 0 Å². The maximum Gasteiger partial charge on any atom is 0.160 e. The van der Waals surface area contributed by atoms with Gasteiger partial charge in [0.05, 0.1) is 11.4 Å². The molecule has 0 radical (unpaired) electrons. The predicted octanol–water partition coefficient (Wildman–Crippen LogP) is 12.9. The molecule has 0 saturated heterocycles. The average Bonchev–Trinajstić information content (AvgIpc) is 3.56. The van der Waals surface area contributed by atoms with Crippen molar-refractivity contribution in [1.29, 1.82) is 0 Å². The lowest BCUT2D eigenvalue weighted by atomic mass is 9.81. The van der Waals surface area contributed by atoms with Gasteiger partial charge in [-0.3, -0.25) is 0 Å². The molecule has 0 saturated carbocycles. The van der Waals surface area contributed by atoms with Gasteiger partial charge in [-0.2, -0.15) is 0 Å². The Morgan fingerprint density at radius 3 is 1.21 bits per heavy atom. The van der Waals surface area contributed by atoms with Crippen LogP contribution in [0.5, 0.6) is 0 Å². The molecule has 248 valence electrons. The average molecular weight is 667 g/mol. The Bertz CT molecular complexity index is 2560. The maximum absolute atomic E-state index is 5.12. The Hall–Kier alpha value is -6.12. The first-order valence-corrected chi connectivity index (χ1v) is 18.2. The summed E-state index contributed by atoms with van der Waals surface area (Å²) in [5, 5.41) is 1.03. The summed E-state index contributed by atoms with van der Waals surface area (Å²) in [6.45, 7) is 9.34. The molecule has 0 aliphatic heterocycles. The number of benzene rings is 6. The molecule has 0 spiro atoms. The molecule has 0 N–H and O–H groups in total. The van der Waals surface area contributed by atoms with Crippen molar-refractivity contribution in [2.75, 3.05) is 0 Å². The summed E-state index contributed by atoms with van der Waals surface area (Å²) in [7, 11) is 0. The zero-order chi connectivity index (χ0) is 35.2. The van der Waals surface area contributed by atoms with Crippen LogP contribution in [-0.2, 0) is 10.8 Å². The van der Waals surface area contributed by atoms with Gasteiger partial charge in [0.25, 0.3) is 0 Å². The third-order valence-electron chi connectivity index (χ3n) is 11.7. The number of nitrogens with zero attached hydrogens (tertiary/aromatic N) is 2. The zero-order valence-electron chi connectivity index (χ0n) is 29.9. The third-order valence-corrected chi connectivity index (χ3v) is 11.7. The van der Waals surface area contributed by atoms with E-state index in [4.69, 9.17) is 9.97 Å². The Kier molecular flexibility index (Phi) is 6.60. The normalized spacial score (nSPS) is 14.5. The Labute approximate surface area is 305 Å². The van der Waals surface area contributed by atoms with Crippen LogP contribution in [0.15, 0.2) is 158 Å². The van der Waals surface area contributed by atoms with E-state index in [1.807, 2.05) is 0 Å². The van der Waals surface area contributed by atoms with E-state index >= 15 is 0 Å². The van der Waals surface area contributed by atoms with Crippen LogP contribution in [0.25, 0.3) is 78.1 Å². The van der Waals surface area contributed by atoms with Gasteiger partial charge in [0, 0.05) is 27.3 Å². The van der Waals surface area contributed by atoms with E-state index in [2.05, 4.69) is 185 Å². The summed E-state index contributed by atoms with van der Waals surface area (Å²) in [6, 6.07) is 57.5. The van der Waals surface area contributed by atoms with Crippen LogP contribution in [-0.4, -0.2) is 9.97 Å². The van der Waals surface area contributed by atoms with E-state index in [9.17, 15) is 0 Å². The van der Waals surface area contributed by atoms with Crippen LogP contribution in [0.3, 0.4) is 0 Å². The number of aromatic nitrogens is 2. The second-order valence-corrected chi connectivity index (χ2v) is 15.5. The Morgan fingerprint density at radius 2 is 0.731 bits per heavy atom. The second-order valence-electron chi connectivity index (χ2n) is 15.5. The molecule has 52 heavy (non-hydrogen) atoms. The van der Waals surface area contributed by atoms with Gasteiger partial charge in [-0.05, 0) is 115 Å². The molecule has 2 nitrogen and oxygen atoms in total. The molecular formula is C50H38N2. The van der Waals surface area contributed by atoms with Crippen molar-refractivity contribution in [1.82, 2.24) is 9.97 Å². The van der Waals surface area contributed by atoms with Crippen LogP contribution in [0.2, 0.25) is 0 Å². The van der Waals surface area contributed by atoms with Crippen molar-refractivity contribution in [3.8, 4) is 67.0 Å². The van der Waals surface area contributed by atoms with E-state index in [-0.39, 0.29) is 10.8 Å². The first-order valence-electron chi connectivity index (χ1n) is 18.2. The molecule has 10 rings (SSSR count). The lowest BCUT2D eigenvalue weighted by Gasteiger charge is -2.22. The smallest absolute Gasteiger partial charge is 0.160 e. The molecule has 8 aromatic rings. The summed E-state index contributed by atoms with van der Waals surface area (Å²) in [4.78, 5) is 10.2. The highest BCUT2D eigenvalue weighted by molar-refractivity contribution is 5.87. The highest BCUT2D eigenvalue weighted by atomic mass is 14.9. The summed E-state index contributed by atoms with van der Waals surface area (Å²) in [5.41, 5.74) is 20.4.